The molecule has 0 aromatic heterocycles. The third kappa shape index (κ3) is 7.33. The van der Waals surface area contributed by atoms with E-state index in [4.69, 9.17) is 10.5 Å². The third-order valence-electron chi connectivity index (χ3n) is 2.89. The molecule has 0 aliphatic carbocycles. The second-order valence-electron chi connectivity index (χ2n) is 6.43. The van der Waals surface area contributed by atoms with Gasteiger partial charge in [-0.1, -0.05) is 12.1 Å². The van der Waals surface area contributed by atoms with E-state index >= 15 is 0 Å². The van der Waals surface area contributed by atoms with Crippen LogP contribution in [-0.4, -0.2) is 37.6 Å². The predicted molar refractivity (Wildman–Crippen MR) is 88.1 cm³/mol. The first kappa shape index (κ1) is 22.5. The molecular weight excluding hydrogens is 393 g/mol. The fraction of sp³-hybridized carbons (Fsp3) is 0.467. The van der Waals surface area contributed by atoms with E-state index in [1.165, 1.54) is 12.1 Å². The number of benzene rings is 1. The van der Waals surface area contributed by atoms with E-state index in [9.17, 15) is 31.2 Å². The predicted octanol–water partition coefficient (Wildman–Crippen LogP) is 1.84. The van der Waals surface area contributed by atoms with Gasteiger partial charge in [-0.05, 0) is 38.5 Å². The SMILES string of the molecule is CC(C)(C)OC(=O)N[C@@H](Cc1ccc(OS(=O)(=O)C(F)(F)F)cc1)C(N)=O. The lowest BCUT2D eigenvalue weighted by atomic mass is 10.1. The average molecular weight is 412 g/mol. The van der Waals surface area contributed by atoms with Crippen LogP contribution in [0.3, 0.4) is 0 Å². The summed E-state index contributed by atoms with van der Waals surface area (Å²) in [5.41, 5.74) is -0.751. The van der Waals surface area contributed by atoms with Gasteiger partial charge in [0.05, 0.1) is 0 Å². The molecule has 1 atom stereocenters. The molecule has 0 unspecified atom stereocenters. The van der Waals surface area contributed by atoms with E-state index in [0.717, 1.165) is 12.1 Å². The Morgan fingerprint density at radius 2 is 1.67 bits per heavy atom. The summed E-state index contributed by atoms with van der Waals surface area (Å²) in [4.78, 5) is 23.2. The fourth-order valence-corrected chi connectivity index (χ4v) is 2.22. The topological polar surface area (TPSA) is 125 Å². The molecule has 1 rings (SSSR count). The maximum atomic E-state index is 12.3. The Morgan fingerprint density at radius 3 is 2.07 bits per heavy atom. The largest absolute Gasteiger partial charge is 0.534 e. The molecule has 0 heterocycles. The number of ether oxygens (including phenoxy) is 1. The number of nitrogens with one attached hydrogen (secondary N) is 1. The molecule has 0 saturated heterocycles. The Hall–Kier alpha value is -2.50. The summed E-state index contributed by atoms with van der Waals surface area (Å²) in [7, 11) is -5.78. The summed E-state index contributed by atoms with van der Waals surface area (Å²) in [6, 6.07) is 3.27. The molecule has 0 aliphatic rings. The van der Waals surface area contributed by atoms with Crippen molar-refractivity contribution in [1.82, 2.24) is 5.32 Å². The quantitative estimate of drug-likeness (QED) is 0.543. The molecule has 12 heteroatoms. The number of rotatable bonds is 6. The fourth-order valence-electron chi connectivity index (χ4n) is 1.76. The zero-order valence-electron chi connectivity index (χ0n) is 14.7. The molecule has 0 saturated carbocycles. The van der Waals surface area contributed by atoms with Crippen LogP contribution in [0.25, 0.3) is 0 Å². The van der Waals surface area contributed by atoms with Gasteiger partial charge in [-0.3, -0.25) is 4.79 Å². The van der Waals surface area contributed by atoms with Crippen molar-refractivity contribution in [3.63, 3.8) is 0 Å². The first-order chi connectivity index (χ1) is 12.1. The van der Waals surface area contributed by atoms with Gasteiger partial charge in [-0.25, -0.2) is 4.79 Å². The minimum atomic E-state index is -5.78. The summed E-state index contributed by atoms with van der Waals surface area (Å²) in [6.45, 7) is 4.87. The van der Waals surface area contributed by atoms with Crippen LogP contribution >= 0.6 is 0 Å². The molecule has 0 spiro atoms. The number of hydrogen-bond acceptors (Lipinski definition) is 6. The molecule has 152 valence electrons. The van der Waals surface area contributed by atoms with Crippen molar-refractivity contribution >= 4 is 22.1 Å². The Bertz CT molecular complexity index is 785. The van der Waals surface area contributed by atoms with Gasteiger partial charge in [0.1, 0.15) is 17.4 Å². The van der Waals surface area contributed by atoms with Gasteiger partial charge in [-0.15, -0.1) is 0 Å². The third-order valence-corrected chi connectivity index (χ3v) is 3.87. The standard InChI is InChI=1S/C15H19F3N2O6S/c1-14(2,3)25-13(22)20-11(12(19)21)8-9-4-6-10(7-5-9)26-27(23,24)15(16,17)18/h4-7,11H,8H2,1-3H3,(H2,19,21)(H,20,22)/t11-/m0/s1. The number of hydrogen-bond donors (Lipinski definition) is 2. The number of alkyl carbamates (subject to hydrolysis) is 1. The summed E-state index contributed by atoms with van der Waals surface area (Å²) >= 11 is 0. The number of carbonyl (C=O) groups is 2. The first-order valence-electron chi connectivity index (χ1n) is 7.49. The molecule has 1 aromatic carbocycles. The van der Waals surface area contributed by atoms with E-state index in [-0.39, 0.29) is 6.42 Å². The minimum Gasteiger partial charge on any atom is -0.444 e. The Balaban J connectivity index is 2.82. The van der Waals surface area contributed by atoms with Crippen molar-refractivity contribution in [3.05, 3.63) is 29.8 Å². The Morgan fingerprint density at radius 1 is 1.15 bits per heavy atom. The second-order valence-corrected chi connectivity index (χ2v) is 7.97. The van der Waals surface area contributed by atoms with Gasteiger partial charge in [-0.2, -0.15) is 21.6 Å². The summed E-state index contributed by atoms with van der Waals surface area (Å²) < 4.78 is 67.7. The Labute approximate surface area is 153 Å². The normalized spacial score (nSPS) is 13.6. The summed E-state index contributed by atoms with van der Waals surface area (Å²) in [5, 5.41) is 2.28. The zero-order valence-corrected chi connectivity index (χ0v) is 15.5. The number of primary amides is 1. The van der Waals surface area contributed by atoms with Gasteiger partial charge in [0.2, 0.25) is 5.91 Å². The maximum absolute atomic E-state index is 12.3. The molecule has 1 aromatic rings. The molecule has 0 bridgehead atoms. The Kier molecular flexibility index (Phi) is 6.70. The highest BCUT2D eigenvalue weighted by molar-refractivity contribution is 7.88. The summed E-state index contributed by atoms with van der Waals surface area (Å²) in [5.74, 6) is -1.42. The van der Waals surface area contributed by atoms with Crippen LogP contribution in [0.5, 0.6) is 5.75 Å². The van der Waals surface area contributed by atoms with E-state index in [1.807, 2.05) is 0 Å². The zero-order chi connectivity index (χ0) is 21.0. The highest BCUT2D eigenvalue weighted by Gasteiger charge is 2.48. The monoisotopic (exact) mass is 412 g/mol. The van der Waals surface area contributed by atoms with E-state index in [2.05, 4.69) is 9.50 Å². The van der Waals surface area contributed by atoms with E-state index in [1.54, 1.807) is 20.8 Å². The van der Waals surface area contributed by atoms with Gasteiger partial charge in [0.15, 0.2) is 0 Å². The van der Waals surface area contributed by atoms with Crippen molar-refractivity contribution in [2.24, 2.45) is 5.73 Å². The lowest BCUT2D eigenvalue weighted by Gasteiger charge is -2.22. The number of halogens is 3. The van der Waals surface area contributed by atoms with E-state index in [0.29, 0.717) is 5.56 Å². The lowest BCUT2D eigenvalue weighted by molar-refractivity contribution is -0.120. The number of nitrogens with two attached hydrogens (primary N) is 1. The number of amides is 2. The molecule has 0 radical (unpaired) electrons. The van der Waals surface area contributed by atoms with E-state index < -0.39 is 45.0 Å². The van der Waals surface area contributed by atoms with Gasteiger partial charge in [0, 0.05) is 6.42 Å². The number of carbonyl (C=O) groups excluding carboxylic acids is 2. The maximum Gasteiger partial charge on any atom is 0.534 e. The van der Waals surface area contributed by atoms with Crippen molar-refractivity contribution in [2.75, 3.05) is 0 Å². The van der Waals surface area contributed by atoms with Crippen LogP contribution in [0.1, 0.15) is 26.3 Å². The van der Waals surface area contributed by atoms with Crippen LogP contribution in [0, 0.1) is 0 Å². The van der Waals surface area contributed by atoms with Crippen molar-refractivity contribution < 1.29 is 40.1 Å². The van der Waals surface area contributed by atoms with Crippen LogP contribution in [-0.2, 0) is 26.1 Å². The molecule has 0 fully saturated rings. The molecular formula is C15H19F3N2O6S. The van der Waals surface area contributed by atoms with Gasteiger partial charge < -0.3 is 20.0 Å². The first-order valence-corrected chi connectivity index (χ1v) is 8.90. The van der Waals surface area contributed by atoms with Crippen molar-refractivity contribution in [3.8, 4) is 5.75 Å². The minimum absolute atomic E-state index is 0.0964. The van der Waals surface area contributed by atoms with Crippen molar-refractivity contribution in [2.45, 2.75) is 44.3 Å². The average Bonchev–Trinajstić information content (AvgIpc) is 2.45. The second kappa shape index (κ2) is 8.03. The summed E-state index contributed by atoms with van der Waals surface area (Å²) in [6.07, 6.45) is -0.969. The van der Waals surface area contributed by atoms with Crippen LogP contribution in [0.15, 0.2) is 24.3 Å². The number of alkyl halides is 3. The van der Waals surface area contributed by atoms with Crippen LogP contribution in [0.2, 0.25) is 0 Å². The smallest absolute Gasteiger partial charge is 0.444 e. The van der Waals surface area contributed by atoms with Crippen LogP contribution < -0.4 is 15.2 Å². The highest BCUT2D eigenvalue weighted by Crippen LogP contribution is 2.27. The molecule has 3 N–H and O–H groups in total. The highest BCUT2D eigenvalue weighted by atomic mass is 32.2. The van der Waals surface area contributed by atoms with Gasteiger partial charge in [0.25, 0.3) is 0 Å². The molecule has 2 amide bonds. The molecule has 27 heavy (non-hydrogen) atoms. The van der Waals surface area contributed by atoms with Crippen molar-refractivity contribution in [1.29, 1.82) is 0 Å². The van der Waals surface area contributed by atoms with Gasteiger partial charge >= 0.3 is 21.7 Å². The lowest BCUT2D eigenvalue weighted by Crippen LogP contribution is -2.47. The van der Waals surface area contributed by atoms with Crippen LogP contribution in [0.4, 0.5) is 18.0 Å². The molecule has 0 aliphatic heterocycles. The molecule has 8 nitrogen and oxygen atoms in total.